The fourth-order valence-corrected chi connectivity index (χ4v) is 7.66. The maximum Gasteiger partial charge on any atom is 0.357 e. The average Bonchev–Trinajstić information content (AvgIpc) is 2.83. The molecule has 0 N–H and O–H groups in total. The molecule has 0 amide bonds. The van der Waals surface area contributed by atoms with Crippen molar-refractivity contribution in [3.63, 3.8) is 0 Å². The van der Waals surface area contributed by atoms with Gasteiger partial charge in [-0.3, -0.25) is 0 Å². The van der Waals surface area contributed by atoms with Crippen molar-refractivity contribution >= 4 is 14.2 Å². The number of rotatable bonds is 4. The molecule has 0 aromatic heterocycles. The normalized spacial score (nSPS) is 13.5. The van der Waals surface area contributed by atoms with E-state index in [9.17, 15) is 20.8 Å². The third-order valence-electron chi connectivity index (χ3n) is 5.32. The van der Waals surface area contributed by atoms with Crippen LogP contribution >= 0.6 is 0 Å². The molecule has 0 radical (unpaired) electrons. The molecule has 0 saturated carbocycles. The first kappa shape index (κ1) is 35.7. The molecule has 0 bridgehead atoms. The predicted octanol–water partition coefficient (Wildman–Crippen LogP) is 4.37. The van der Waals surface area contributed by atoms with Crippen LogP contribution in [0, 0.1) is 14.3 Å². The summed E-state index contributed by atoms with van der Waals surface area (Å²) in [6.45, 7) is 13.6. The van der Waals surface area contributed by atoms with Gasteiger partial charge in [0.05, 0.1) is 0 Å². The van der Waals surface area contributed by atoms with Gasteiger partial charge >= 0.3 is 77.4 Å². The van der Waals surface area contributed by atoms with Crippen molar-refractivity contribution in [3.8, 4) is 0 Å². The summed E-state index contributed by atoms with van der Waals surface area (Å²) in [5.74, 6) is 0. The Kier molecular flexibility index (Phi) is 11.7. The van der Waals surface area contributed by atoms with Crippen molar-refractivity contribution in [2.75, 3.05) is 0 Å². The molecule has 0 aliphatic carbocycles. The third-order valence-corrected chi connectivity index (χ3v) is 10.7. The summed E-state index contributed by atoms with van der Waals surface area (Å²) in [5.41, 5.74) is 3.31. The average molecular weight is 863 g/mol. The van der Waals surface area contributed by atoms with Crippen molar-refractivity contribution in [2.24, 2.45) is 0 Å². The van der Waals surface area contributed by atoms with Crippen molar-refractivity contribution < 1.29 is 63.2 Å². The molecule has 0 aliphatic heterocycles. The van der Waals surface area contributed by atoms with Crippen LogP contribution in [-0.4, -0.2) is 14.2 Å². The van der Waals surface area contributed by atoms with E-state index in [4.69, 9.17) is 0 Å². The molecular weight excluding hydrogens is 827 g/mol. The van der Waals surface area contributed by atoms with E-state index in [1.807, 2.05) is 0 Å². The smallest absolute Gasteiger partial charge is 0.0619 e. The minimum atomic E-state index is -11.1. The zero-order valence-corrected chi connectivity index (χ0v) is 30.1. The molecule has 0 atom stereocenters. The van der Waals surface area contributed by atoms with Gasteiger partial charge in [0, 0.05) is 0 Å². The molecule has 0 heterocycles. The van der Waals surface area contributed by atoms with Crippen LogP contribution in [0.25, 0.3) is 0 Å². The monoisotopic (exact) mass is 863 g/mol. The van der Waals surface area contributed by atoms with E-state index < -0.39 is 14.2 Å². The first-order valence-electron chi connectivity index (χ1n) is 12.7. The second kappa shape index (κ2) is 13.4. The van der Waals surface area contributed by atoms with Gasteiger partial charge in [-0.2, -0.15) is 0 Å². The molecule has 4 aromatic rings. The fraction of sp³-hybridized carbons (Fsp3) is 0.250. The van der Waals surface area contributed by atoms with Crippen LogP contribution in [0.3, 0.4) is 0 Å². The summed E-state index contributed by atoms with van der Waals surface area (Å²) in [4.78, 5) is 0. The molecule has 0 aliphatic rings. The van der Waals surface area contributed by atoms with Crippen molar-refractivity contribution in [2.45, 2.75) is 52.4 Å². The second-order valence-corrected chi connectivity index (χ2v) is 21.3. The Morgan fingerprint density at radius 1 is 0.390 bits per heavy atom. The van der Waals surface area contributed by atoms with E-state index in [2.05, 4.69) is 151 Å². The van der Waals surface area contributed by atoms with Gasteiger partial charge < -0.3 is 0 Å². The van der Waals surface area contributed by atoms with Gasteiger partial charge in [-0.25, -0.2) is 0 Å². The van der Waals surface area contributed by atoms with E-state index >= 15 is 0 Å². The SMILES string of the molecule is CC(C)(C)c1ccc([I+]c2ccc(C(C)(C)C)cc2)cc1.F[As-](F)(F)(F)(F)F.c1ccc([I+]c2ccccc2)cc1. The standard InChI is InChI=1S/C20H26I.C12H10I.AsF6/c1-19(2,3)15-7-11-17(12-8-15)21-18-13-9-16(10-14-18)20(4,5)6;1-3-7-11(8-4-1)13-12-9-5-2-6-10-12;2-1(3,4,5,6)7/h7-14H,1-6H3;1-10H;/q2*+1;-1. The van der Waals surface area contributed by atoms with Crippen LogP contribution < -0.4 is 42.4 Å². The second-order valence-electron chi connectivity index (χ2n) is 11.3. The molecule has 0 saturated heterocycles. The van der Waals surface area contributed by atoms with E-state index in [1.54, 1.807) is 0 Å². The van der Waals surface area contributed by atoms with Crippen LogP contribution in [0.2, 0.25) is 0 Å². The minimum Gasteiger partial charge on any atom is -0.0619 e. The first-order chi connectivity index (χ1) is 18.6. The summed E-state index contributed by atoms with van der Waals surface area (Å²) < 4.78 is 65.4. The predicted molar refractivity (Wildman–Crippen MR) is 150 cm³/mol. The Hall–Kier alpha value is -1.52. The topological polar surface area (TPSA) is 0 Å². The number of hydrogen-bond acceptors (Lipinski definition) is 0. The van der Waals surface area contributed by atoms with E-state index in [1.165, 1.54) is 25.4 Å². The molecule has 224 valence electrons. The molecule has 4 rings (SSSR count). The van der Waals surface area contributed by atoms with Crippen LogP contribution in [0.1, 0.15) is 52.7 Å². The largest absolute Gasteiger partial charge is 0.357 e. The third kappa shape index (κ3) is 17.3. The molecule has 0 fully saturated rings. The number of benzene rings is 4. The zero-order valence-electron chi connectivity index (χ0n) is 23.9. The van der Waals surface area contributed by atoms with Gasteiger partial charge in [0.25, 0.3) is 0 Å². The Labute approximate surface area is 262 Å². The summed E-state index contributed by atoms with van der Waals surface area (Å²) in [6, 6.07) is 39.8. The molecule has 9 heteroatoms. The van der Waals surface area contributed by atoms with Crippen LogP contribution in [0.4, 0.5) is 20.8 Å². The van der Waals surface area contributed by atoms with E-state index in [0.717, 1.165) is 0 Å². The summed E-state index contributed by atoms with van der Waals surface area (Å²) in [6.07, 6.45) is 0. The van der Waals surface area contributed by atoms with Crippen molar-refractivity contribution in [3.05, 3.63) is 135 Å². The number of halogens is 8. The van der Waals surface area contributed by atoms with Crippen LogP contribution in [0.15, 0.2) is 109 Å². The molecule has 4 aromatic carbocycles. The van der Waals surface area contributed by atoms with Gasteiger partial charge in [0.1, 0.15) is 0 Å². The maximum absolute atomic E-state index is 11.1. The number of hydrogen-bond donors (Lipinski definition) is 0. The molecule has 0 unspecified atom stereocenters. The Bertz CT molecular complexity index is 1240. The van der Waals surface area contributed by atoms with Gasteiger partial charge in [0.2, 0.25) is 0 Å². The van der Waals surface area contributed by atoms with Gasteiger partial charge in [-0.05, 0) is 70.5 Å². The van der Waals surface area contributed by atoms with Crippen molar-refractivity contribution in [1.82, 2.24) is 0 Å². The zero-order chi connectivity index (χ0) is 31.0. The summed E-state index contributed by atoms with van der Waals surface area (Å²) in [7, 11) is 0. The summed E-state index contributed by atoms with van der Waals surface area (Å²) >= 11 is -11.1. The Morgan fingerprint density at radius 2 is 0.610 bits per heavy atom. The maximum atomic E-state index is 9.91. The molecule has 0 nitrogen and oxygen atoms in total. The Balaban J connectivity index is 0.000000249. The summed E-state index contributed by atoms with van der Waals surface area (Å²) in [5, 5.41) is 0. The van der Waals surface area contributed by atoms with Crippen LogP contribution in [0.5, 0.6) is 0 Å². The Morgan fingerprint density at radius 3 is 0.829 bits per heavy atom. The molecular formula is C32H36AsF6I2+. The van der Waals surface area contributed by atoms with Gasteiger partial charge in [0.15, 0.2) is 14.3 Å². The van der Waals surface area contributed by atoms with Crippen molar-refractivity contribution in [1.29, 1.82) is 0 Å². The molecule has 41 heavy (non-hydrogen) atoms. The molecule has 0 spiro atoms. The quantitative estimate of drug-likeness (QED) is 0.163. The fourth-order valence-electron chi connectivity index (χ4n) is 3.23. The van der Waals surface area contributed by atoms with Gasteiger partial charge in [-0.1, -0.05) is 102 Å². The van der Waals surface area contributed by atoms with E-state index in [-0.39, 0.29) is 53.2 Å². The van der Waals surface area contributed by atoms with E-state index in [0.29, 0.717) is 0 Å². The minimum absolute atomic E-state index is 0.0287. The van der Waals surface area contributed by atoms with Gasteiger partial charge in [-0.15, -0.1) is 0 Å². The van der Waals surface area contributed by atoms with Crippen LogP contribution in [-0.2, 0) is 10.8 Å². The first-order valence-corrected chi connectivity index (χ1v) is 21.3.